The molecule has 25 heavy (non-hydrogen) atoms. The summed E-state index contributed by atoms with van der Waals surface area (Å²) in [6.45, 7) is -0.0590. The van der Waals surface area contributed by atoms with Crippen LogP contribution in [0.25, 0.3) is 0 Å². The van der Waals surface area contributed by atoms with E-state index in [0.717, 1.165) is 25.7 Å². The molecule has 0 aromatic carbocycles. The van der Waals surface area contributed by atoms with Gasteiger partial charge in [-0.15, -0.1) is 0 Å². The van der Waals surface area contributed by atoms with Crippen molar-refractivity contribution in [2.75, 3.05) is 19.0 Å². The summed E-state index contributed by atoms with van der Waals surface area (Å²) in [6.07, 6.45) is 8.48. The molecule has 2 atom stereocenters. The SMILES string of the molecule is O=C(OCCS(=O)(=O)[O-])C1CCCCC1C(=O)OCC1CCCCC1. The Labute approximate surface area is 149 Å². The number of rotatable bonds is 7. The van der Waals surface area contributed by atoms with Crippen LogP contribution in [0.4, 0.5) is 0 Å². The van der Waals surface area contributed by atoms with Gasteiger partial charge in [0.25, 0.3) is 0 Å². The first-order chi connectivity index (χ1) is 11.9. The molecule has 2 rings (SSSR count). The second-order valence-corrected chi connectivity index (χ2v) is 8.58. The van der Waals surface area contributed by atoms with E-state index in [1.54, 1.807) is 0 Å². The molecule has 2 fully saturated rings. The van der Waals surface area contributed by atoms with Gasteiger partial charge in [-0.25, -0.2) is 8.42 Å². The number of esters is 2. The molecule has 0 bridgehead atoms. The Morgan fingerprint density at radius 2 is 1.36 bits per heavy atom. The van der Waals surface area contributed by atoms with E-state index in [4.69, 9.17) is 9.47 Å². The van der Waals surface area contributed by atoms with Crippen molar-refractivity contribution in [2.45, 2.75) is 57.8 Å². The standard InChI is InChI=1S/C17H28O7S/c18-16(23-10-11-25(20,21)22)14-8-4-5-9-15(14)17(19)24-12-13-6-2-1-3-7-13/h13-15H,1-12H2,(H,20,21,22)/p-1. The van der Waals surface area contributed by atoms with E-state index in [1.807, 2.05) is 0 Å². The van der Waals surface area contributed by atoms with Crippen LogP contribution in [0.15, 0.2) is 0 Å². The number of carbonyl (C=O) groups excluding carboxylic acids is 2. The first kappa shape index (κ1) is 20.2. The second kappa shape index (κ2) is 9.52. The van der Waals surface area contributed by atoms with Gasteiger partial charge in [-0.3, -0.25) is 9.59 Å². The molecule has 0 spiro atoms. The van der Waals surface area contributed by atoms with Gasteiger partial charge in [0, 0.05) is 0 Å². The molecule has 144 valence electrons. The second-order valence-electron chi connectivity index (χ2n) is 7.06. The highest BCUT2D eigenvalue weighted by Crippen LogP contribution is 2.32. The topological polar surface area (TPSA) is 110 Å². The molecule has 7 nitrogen and oxygen atoms in total. The van der Waals surface area contributed by atoms with Crippen molar-refractivity contribution in [3.63, 3.8) is 0 Å². The Bertz CT molecular complexity index is 551. The Hall–Kier alpha value is -1.15. The molecule has 0 aromatic rings. The molecule has 2 aliphatic rings. The van der Waals surface area contributed by atoms with Crippen LogP contribution in [0.3, 0.4) is 0 Å². The Morgan fingerprint density at radius 1 is 0.840 bits per heavy atom. The summed E-state index contributed by atoms with van der Waals surface area (Å²) in [5.41, 5.74) is 0. The van der Waals surface area contributed by atoms with Gasteiger partial charge >= 0.3 is 11.9 Å². The fourth-order valence-electron chi connectivity index (χ4n) is 3.71. The predicted octanol–water partition coefficient (Wildman–Crippen LogP) is 2.00. The summed E-state index contributed by atoms with van der Waals surface area (Å²) in [7, 11) is -4.42. The van der Waals surface area contributed by atoms with Gasteiger partial charge in [-0.1, -0.05) is 32.1 Å². The zero-order valence-corrected chi connectivity index (χ0v) is 15.3. The highest BCUT2D eigenvalue weighted by atomic mass is 32.2. The van der Waals surface area contributed by atoms with E-state index < -0.39 is 40.3 Å². The van der Waals surface area contributed by atoms with Crippen LogP contribution in [0.5, 0.6) is 0 Å². The van der Waals surface area contributed by atoms with Crippen molar-refractivity contribution in [2.24, 2.45) is 17.8 Å². The summed E-state index contributed by atoms with van der Waals surface area (Å²) in [4.78, 5) is 24.6. The van der Waals surface area contributed by atoms with Crippen molar-refractivity contribution < 1.29 is 32.0 Å². The molecule has 2 saturated carbocycles. The smallest absolute Gasteiger partial charge is 0.309 e. The predicted molar refractivity (Wildman–Crippen MR) is 88.5 cm³/mol. The van der Waals surface area contributed by atoms with Gasteiger partial charge in [0.15, 0.2) is 0 Å². The maximum absolute atomic E-state index is 12.4. The fourth-order valence-corrected chi connectivity index (χ4v) is 3.99. The van der Waals surface area contributed by atoms with Crippen molar-refractivity contribution in [1.82, 2.24) is 0 Å². The van der Waals surface area contributed by atoms with Crippen LogP contribution in [0, 0.1) is 17.8 Å². The summed E-state index contributed by atoms with van der Waals surface area (Å²) >= 11 is 0. The van der Waals surface area contributed by atoms with Gasteiger partial charge in [-0.2, -0.15) is 0 Å². The zero-order valence-electron chi connectivity index (χ0n) is 14.5. The lowest BCUT2D eigenvalue weighted by molar-refractivity contribution is -0.163. The summed E-state index contributed by atoms with van der Waals surface area (Å²) < 4.78 is 42.1. The van der Waals surface area contributed by atoms with E-state index in [0.29, 0.717) is 25.4 Å². The van der Waals surface area contributed by atoms with Crippen molar-refractivity contribution in [3.8, 4) is 0 Å². The molecule has 2 aliphatic carbocycles. The molecular weight excluding hydrogens is 348 g/mol. The van der Waals surface area contributed by atoms with E-state index in [2.05, 4.69) is 0 Å². The van der Waals surface area contributed by atoms with Crippen molar-refractivity contribution in [1.29, 1.82) is 0 Å². The van der Waals surface area contributed by atoms with Crippen LogP contribution < -0.4 is 0 Å². The number of carbonyl (C=O) groups is 2. The van der Waals surface area contributed by atoms with Gasteiger partial charge in [0.05, 0.1) is 34.3 Å². The van der Waals surface area contributed by atoms with Crippen LogP contribution in [-0.4, -0.2) is 43.9 Å². The maximum atomic E-state index is 12.4. The first-order valence-corrected chi connectivity index (χ1v) is 10.7. The quantitative estimate of drug-likeness (QED) is 0.494. The van der Waals surface area contributed by atoms with E-state index in [9.17, 15) is 22.6 Å². The van der Waals surface area contributed by atoms with Crippen LogP contribution in [-0.2, 0) is 29.2 Å². The van der Waals surface area contributed by atoms with Crippen LogP contribution >= 0.6 is 0 Å². The lowest BCUT2D eigenvalue weighted by atomic mass is 9.79. The minimum absolute atomic E-state index is 0.358. The highest BCUT2D eigenvalue weighted by Gasteiger charge is 2.38. The molecule has 0 radical (unpaired) electrons. The molecule has 0 aromatic heterocycles. The molecule has 0 heterocycles. The van der Waals surface area contributed by atoms with Crippen LogP contribution in [0.1, 0.15) is 57.8 Å². The largest absolute Gasteiger partial charge is 0.748 e. The van der Waals surface area contributed by atoms with Gasteiger partial charge in [0.1, 0.15) is 6.61 Å². The summed E-state index contributed by atoms with van der Waals surface area (Å²) in [5.74, 6) is -2.45. The first-order valence-electron chi connectivity index (χ1n) is 9.13. The fraction of sp³-hybridized carbons (Fsp3) is 0.882. The third-order valence-electron chi connectivity index (χ3n) is 5.14. The molecule has 0 saturated heterocycles. The Balaban J connectivity index is 1.83. The number of hydrogen-bond donors (Lipinski definition) is 0. The average molecular weight is 375 g/mol. The monoisotopic (exact) mass is 375 g/mol. The molecule has 8 heteroatoms. The van der Waals surface area contributed by atoms with Gasteiger partial charge in [-0.05, 0) is 31.6 Å². The summed E-state index contributed by atoms with van der Waals surface area (Å²) in [6, 6.07) is 0. The summed E-state index contributed by atoms with van der Waals surface area (Å²) in [5, 5.41) is 0. The molecule has 2 unspecified atom stereocenters. The molecular formula is C17H27O7S-. The molecule has 0 N–H and O–H groups in total. The minimum Gasteiger partial charge on any atom is -0.748 e. The minimum atomic E-state index is -4.42. The van der Waals surface area contributed by atoms with E-state index >= 15 is 0 Å². The normalized spacial score (nSPS) is 25.3. The van der Waals surface area contributed by atoms with Crippen LogP contribution in [0.2, 0.25) is 0 Å². The Morgan fingerprint density at radius 3 is 1.92 bits per heavy atom. The zero-order chi connectivity index (χ0) is 18.3. The lowest BCUT2D eigenvalue weighted by Gasteiger charge is -2.29. The third-order valence-corrected chi connectivity index (χ3v) is 5.80. The maximum Gasteiger partial charge on any atom is 0.309 e. The number of hydrogen-bond acceptors (Lipinski definition) is 7. The molecule has 0 aliphatic heterocycles. The van der Waals surface area contributed by atoms with Gasteiger partial charge in [0.2, 0.25) is 0 Å². The molecule has 0 amide bonds. The lowest BCUT2D eigenvalue weighted by Crippen LogP contribution is -2.36. The Kier molecular flexibility index (Phi) is 7.68. The number of ether oxygens (including phenoxy) is 2. The van der Waals surface area contributed by atoms with Crippen molar-refractivity contribution in [3.05, 3.63) is 0 Å². The average Bonchev–Trinajstić information content (AvgIpc) is 2.59. The third kappa shape index (κ3) is 6.93. The van der Waals surface area contributed by atoms with E-state index in [1.165, 1.54) is 19.3 Å². The highest BCUT2D eigenvalue weighted by molar-refractivity contribution is 7.85. The van der Waals surface area contributed by atoms with Gasteiger partial charge < -0.3 is 14.0 Å². The van der Waals surface area contributed by atoms with Crippen molar-refractivity contribution >= 4 is 22.1 Å². The van der Waals surface area contributed by atoms with E-state index in [-0.39, 0.29) is 5.97 Å².